The average molecular weight is 460 g/mol. The van der Waals surface area contributed by atoms with Gasteiger partial charge >= 0.3 is 6.03 Å². The number of carbonyl (C=O) groups excluding carboxylic acids is 3. The number of benzene rings is 3. The van der Waals surface area contributed by atoms with Gasteiger partial charge in [-0.2, -0.15) is 5.01 Å². The van der Waals surface area contributed by atoms with Gasteiger partial charge < -0.3 is 5.32 Å². The predicted molar refractivity (Wildman–Crippen MR) is 129 cm³/mol. The van der Waals surface area contributed by atoms with Crippen LogP contribution in [0.25, 0.3) is 0 Å². The van der Waals surface area contributed by atoms with Crippen LogP contribution in [0.15, 0.2) is 77.7 Å². The standard InChI is InChI=1S/C26H25N3O3S/c1-17-12-13-22(18(2)14-17)33-16-19-8-7-9-20(15-19)23(30)28-29-24(31)26(3,27-25(29)32)21-10-5-4-6-11-21/h4-15H,16H2,1-3H3,(H,27,32)(H,28,30)/t26-/m1/s1. The molecule has 0 unspecified atom stereocenters. The molecule has 4 amide bonds. The highest BCUT2D eigenvalue weighted by atomic mass is 32.2. The van der Waals surface area contributed by atoms with Crippen LogP contribution in [0.3, 0.4) is 0 Å². The first kappa shape index (κ1) is 22.6. The molecule has 6 nitrogen and oxygen atoms in total. The minimum atomic E-state index is -1.24. The van der Waals surface area contributed by atoms with E-state index in [0.29, 0.717) is 16.9 Å². The van der Waals surface area contributed by atoms with E-state index >= 15 is 0 Å². The highest BCUT2D eigenvalue weighted by Crippen LogP contribution is 2.29. The van der Waals surface area contributed by atoms with Gasteiger partial charge in [0.2, 0.25) is 0 Å². The summed E-state index contributed by atoms with van der Waals surface area (Å²) in [6.45, 7) is 5.78. The molecule has 1 saturated heterocycles. The van der Waals surface area contributed by atoms with Crippen molar-refractivity contribution in [3.63, 3.8) is 0 Å². The van der Waals surface area contributed by atoms with Gasteiger partial charge in [-0.25, -0.2) is 4.79 Å². The van der Waals surface area contributed by atoms with Crippen LogP contribution in [0, 0.1) is 13.8 Å². The van der Waals surface area contributed by atoms with Gasteiger partial charge in [-0.15, -0.1) is 11.8 Å². The van der Waals surface area contributed by atoms with Crippen molar-refractivity contribution in [2.24, 2.45) is 0 Å². The molecule has 1 aliphatic heterocycles. The molecular formula is C26H25N3O3S. The third-order valence-corrected chi connectivity index (χ3v) is 6.92. The van der Waals surface area contributed by atoms with E-state index in [-0.39, 0.29) is 0 Å². The van der Waals surface area contributed by atoms with Gasteiger partial charge in [0.1, 0.15) is 5.54 Å². The van der Waals surface area contributed by atoms with E-state index in [1.165, 1.54) is 16.0 Å². The van der Waals surface area contributed by atoms with Gasteiger partial charge in [-0.05, 0) is 55.7 Å². The number of nitrogens with zero attached hydrogens (tertiary/aromatic N) is 1. The molecule has 7 heteroatoms. The van der Waals surface area contributed by atoms with E-state index in [2.05, 4.69) is 42.8 Å². The van der Waals surface area contributed by atoms with Crippen molar-refractivity contribution < 1.29 is 14.4 Å². The molecule has 3 aromatic carbocycles. The van der Waals surface area contributed by atoms with Gasteiger partial charge in [0.15, 0.2) is 0 Å². The molecular weight excluding hydrogens is 434 g/mol. The lowest BCUT2D eigenvalue weighted by atomic mass is 9.92. The first-order chi connectivity index (χ1) is 15.8. The molecule has 2 N–H and O–H groups in total. The summed E-state index contributed by atoms with van der Waals surface area (Å²) in [5.74, 6) is -0.358. The average Bonchev–Trinajstić information content (AvgIpc) is 3.03. The Labute approximate surface area is 197 Å². The second-order valence-electron chi connectivity index (χ2n) is 8.26. The fourth-order valence-electron chi connectivity index (χ4n) is 3.80. The summed E-state index contributed by atoms with van der Waals surface area (Å²) >= 11 is 1.70. The normalized spacial score (nSPS) is 17.7. The van der Waals surface area contributed by atoms with Crippen LogP contribution in [0.1, 0.15) is 39.5 Å². The second-order valence-corrected chi connectivity index (χ2v) is 9.28. The Hall–Kier alpha value is -3.58. The van der Waals surface area contributed by atoms with Crippen molar-refractivity contribution >= 4 is 29.6 Å². The molecule has 0 radical (unpaired) electrons. The molecule has 0 bridgehead atoms. The molecule has 0 spiro atoms. The molecule has 0 saturated carbocycles. The third kappa shape index (κ3) is 4.64. The minimum absolute atomic E-state index is 0.377. The summed E-state index contributed by atoms with van der Waals surface area (Å²) in [5.41, 5.74) is 5.65. The Morgan fingerprint density at radius 1 is 1.00 bits per heavy atom. The molecule has 0 aromatic heterocycles. The van der Waals surface area contributed by atoms with Crippen molar-refractivity contribution in [1.29, 1.82) is 0 Å². The van der Waals surface area contributed by atoms with Crippen LogP contribution in [0.5, 0.6) is 0 Å². The Morgan fingerprint density at radius 2 is 1.76 bits per heavy atom. The van der Waals surface area contributed by atoms with E-state index in [9.17, 15) is 14.4 Å². The Balaban J connectivity index is 1.45. The van der Waals surface area contributed by atoms with Crippen LogP contribution in [0.2, 0.25) is 0 Å². The maximum atomic E-state index is 13.0. The number of carbonyl (C=O) groups is 3. The van der Waals surface area contributed by atoms with Gasteiger partial charge in [0.25, 0.3) is 11.8 Å². The lowest BCUT2D eigenvalue weighted by Crippen LogP contribution is -2.47. The van der Waals surface area contributed by atoms with Crippen LogP contribution in [-0.4, -0.2) is 22.9 Å². The summed E-state index contributed by atoms with van der Waals surface area (Å²) in [5, 5.41) is 3.44. The summed E-state index contributed by atoms with van der Waals surface area (Å²) in [6, 6.07) is 21.8. The van der Waals surface area contributed by atoms with Crippen LogP contribution < -0.4 is 10.7 Å². The molecule has 1 aliphatic rings. The van der Waals surface area contributed by atoms with E-state index < -0.39 is 23.4 Å². The third-order valence-electron chi connectivity index (χ3n) is 5.67. The molecule has 4 rings (SSSR count). The number of nitrogens with one attached hydrogen (secondary N) is 2. The lowest BCUT2D eigenvalue weighted by Gasteiger charge is -2.22. The molecule has 0 aliphatic carbocycles. The number of imide groups is 1. The van der Waals surface area contributed by atoms with Crippen LogP contribution >= 0.6 is 11.8 Å². The Morgan fingerprint density at radius 3 is 2.48 bits per heavy atom. The smallest absolute Gasteiger partial charge is 0.318 e. The van der Waals surface area contributed by atoms with Crippen LogP contribution in [0.4, 0.5) is 4.79 Å². The SMILES string of the molecule is Cc1ccc(SCc2cccc(C(=O)NN3C(=O)N[C@](C)(c4ccccc4)C3=O)c2)c(C)c1. The van der Waals surface area contributed by atoms with E-state index in [0.717, 1.165) is 10.6 Å². The van der Waals surface area contributed by atoms with Gasteiger partial charge in [-0.1, -0.05) is 60.2 Å². The number of hydrogen-bond donors (Lipinski definition) is 2. The molecule has 3 aromatic rings. The zero-order valence-corrected chi connectivity index (χ0v) is 19.5. The zero-order chi connectivity index (χ0) is 23.6. The zero-order valence-electron chi connectivity index (χ0n) is 18.7. The first-order valence-electron chi connectivity index (χ1n) is 10.6. The fraction of sp³-hybridized carbons (Fsp3) is 0.192. The van der Waals surface area contributed by atoms with Crippen molar-refractivity contribution in [2.45, 2.75) is 37.0 Å². The topological polar surface area (TPSA) is 78.5 Å². The monoisotopic (exact) mass is 459 g/mol. The lowest BCUT2D eigenvalue weighted by molar-refractivity contribution is -0.132. The Kier molecular flexibility index (Phi) is 6.24. The van der Waals surface area contributed by atoms with Gasteiger partial charge in [0.05, 0.1) is 0 Å². The number of aryl methyl sites for hydroxylation is 2. The molecule has 1 heterocycles. The Bertz CT molecular complexity index is 1230. The summed E-state index contributed by atoms with van der Waals surface area (Å²) in [7, 11) is 0. The largest absolute Gasteiger partial charge is 0.344 e. The number of hydrazine groups is 1. The summed E-state index contributed by atoms with van der Waals surface area (Å²) in [6.07, 6.45) is 0. The number of amides is 4. The van der Waals surface area contributed by atoms with Crippen LogP contribution in [-0.2, 0) is 16.1 Å². The summed E-state index contributed by atoms with van der Waals surface area (Å²) < 4.78 is 0. The molecule has 1 fully saturated rings. The molecule has 168 valence electrons. The van der Waals surface area contributed by atoms with E-state index in [1.54, 1.807) is 61.2 Å². The van der Waals surface area contributed by atoms with E-state index in [4.69, 9.17) is 0 Å². The van der Waals surface area contributed by atoms with Gasteiger partial charge in [-0.3, -0.25) is 15.0 Å². The summed E-state index contributed by atoms with van der Waals surface area (Å²) in [4.78, 5) is 39.6. The predicted octanol–water partition coefficient (Wildman–Crippen LogP) is 4.71. The van der Waals surface area contributed by atoms with E-state index in [1.807, 2.05) is 12.1 Å². The first-order valence-corrected chi connectivity index (χ1v) is 11.6. The van der Waals surface area contributed by atoms with Crippen molar-refractivity contribution in [1.82, 2.24) is 15.8 Å². The highest BCUT2D eigenvalue weighted by molar-refractivity contribution is 7.98. The van der Waals surface area contributed by atoms with Crippen molar-refractivity contribution in [3.8, 4) is 0 Å². The van der Waals surface area contributed by atoms with Crippen molar-refractivity contribution in [2.75, 3.05) is 0 Å². The number of thioether (sulfide) groups is 1. The second kappa shape index (κ2) is 9.11. The highest BCUT2D eigenvalue weighted by Gasteiger charge is 2.50. The minimum Gasteiger partial charge on any atom is -0.318 e. The number of rotatable bonds is 6. The number of urea groups is 1. The van der Waals surface area contributed by atoms with Crippen molar-refractivity contribution in [3.05, 3.63) is 101 Å². The maximum absolute atomic E-state index is 13.0. The molecule has 33 heavy (non-hydrogen) atoms. The number of hydrogen-bond acceptors (Lipinski definition) is 4. The van der Waals surface area contributed by atoms with Gasteiger partial charge in [0, 0.05) is 16.2 Å². The fourth-order valence-corrected chi connectivity index (χ4v) is 4.75. The molecule has 1 atom stereocenters. The maximum Gasteiger partial charge on any atom is 0.344 e. The quantitative estimate of drug-likeness (QED) is 0.413.